The number of hydrogen-bond donors (Lipinski definition) is 0. The van der Waals surface area contributed by atoms with E-state index in [4.69, 9.17) is 4.74 Å². The molecule has 1 amide bonds. The summed E-state index contributed by atoms with van der Waals surface area (Å²) in [5.74, 6) is 0.656. The van der Waals surface area contributed by atoms with E-state index >= 15 is 0 Å². The number of likely N-dealkylation sites (tertiary alicyclic amines) is 1. The Bertz CT molecular complexity index is 514. The van der Waals surface area contributed by atoms with Crippen molar-refractivity contribution >= 4 is 11.7 Å². The number of carbonyl (C=O) groups excluding carboxylic acids is 2. The van der Waals surface area contributed by atoms with Crippen LogP contribution in [0.1, 0.15) is 36.0 Å². The number of carbonyl (C=O) groups is 2. The maximum Gasteiger partial charge on any atom is 0.225 e. The normalized spacial score (nSPS) is 20.8. The van der Waals surface area contributed by atoms with Gasteiger partial charge in [-0.05, 0) is 25.7 Å². The third kappa shape index (κ3) is 3.38. The second kappa shape index (κ2) is 7.05. The zero-order chi connectivity index (χ0) is 15.4. The monoisotopic (exact) mass is 301 g/mol. The number of benzene rings is 1. The molecule has 0 aliphatic carbocycles. The molecule has 2 aliphatic rings. The first-order valence-electron chi connectivity index (χ1n) is 8.21. The first-order valence-corrected chi connectivity index (χ1v) is 8.21. The van der Waals surface area contributed by atoms with Gasteiger partial charge in [-0.1, -0.05) is 30.3 Å². The van der Waals surface area contributed by atoms with Crippen LogP contribution in [0.25, 0.3) is 0 Å². The van der Waals surface area contributed by atoms with E-state index in [1.165, 1.54) is 0 Å². The molecule has 2 heterocycles. The van der Waals surface area contributed by atoms with Gasteiger partial charge in [0.1, 0.15) is 0 Å². The van der Waals surface area contributed by atoms with Crippen LogP contribution in [0.4, 0.5) is 0 Å². The molecular weight excluding hydrogens is 278 g/mol. The molecule has 2 aliphatic heterocycles. The minimum Gasteiger partial charge on any atom is -0.381 e. The van der Waals surface area contributed by atoms with Gasteiger partial charge in [0, 0.05) is 43.7 Å². The third-order valence-electron chi connectivity index (χ3n) is 4.81. The van der Waals surface area contributed by atoms with Crippen molar-refractivity contribution in [3.05, 3.63) is 35.9 Å². The van der Waals surface area contributed by atoms with E-state index in [1.54, 1.807) is 0 Å². The van der Waals surface area contributed by atoms with Crippen molar-refractivity contribution in [2.24, 2.45) is 11.8 Å². The van der Waals surface area contributed by atoms with Crippen LogP contribution in [-0.2, 0) is 9.53 Å². The number of hydrogen-bond acceptors (Lipinski definition) is 3. The first-order chi connectivity index (χ1) is 10.8. The minimum atomic E-state index is 0.0566. The molecular formula is C18H23NO3. The van der Waals surface area contributed by atoms with Crippen LogP contribution in [0.5, 0.6) is 0 Å². The van der Waals surface area contributed by atoms with Gasteiger partial charge in [0.15, 0.2) is 5.78 Å². The molecule has 3 rings (SSSR count). The number of Topliss-reactive ketones (excluding diaryl/α,β-unsaturated/α-hetero) is 1. The molecule has 0 bridgehead atoms. The number of rotatable bonds is 3. The smallest absolute Gasteiger partial charge is 0.225 e. The van der Waals surface area contributed by atoms with Gasteiger partial charge in [0.25, 0.3) is 0 Å². The Morgan fingerprint density at radius 3 is 2.18 bits per heavy atom. The van der Waals surface area contributed by atoms with Gasteiger partial charge in [-0.25, -0.2) is 0 Å². The molecule has 4 heteroatoms. The maximum atomic E-state index is 12.5. The fraction of sp³-hybridized carbons (Fsp3) is 0.556. The van der Waals surface area contributed by atoms with Crippen LogP contribution in [0.3, 0.4) is 0 Å². The van der Waals surface area contributed by atoms with Crippen LogP contribution < -0.4 is 0 Å². The van der Waals surface area contributed by atoms with Gasteiger partial charge in [0.2, 0.25) is 5.91 Å². The summed E-state index contributed by atoms with van der Waals surface area (Å²) >= 11 is 0. The molecule has 0 spiro atoms. The highest BCUT2D eigenvalue weighted by molar-refractivity contribution is 5.98. The molecule has 0 atom stereocenters. The van der Waals surface area contributed by atoms with Gasteiger partial charge in [-0.2, -0.15) is 0 Å². The summed E-state index contributed by atoms with van der Waals surface area (Å²) in [4.78, 5) is 26.9. The molecule has 2 fully saturated rings. The van der Waals surface area contributed by atoms with Crippen molar-refractivity contribution in [3.63, 3.8) is 0 Å². The van der Waals surface area contributed by atoms with Crippen molar-refractivity contribution in [2.45, 2.75) is 25.7 Å². The summed E-state index contributed by atoms with van der Waals surface area (Å²) in [6.45, 7) is 2.80. The Kier molecular flexibility index (Phi) is 4.88. The zero-order valence-corrected chi connectivity index (χ0v) is 12.9. The number of ketones is 1. The Balaban J connectivity index is 1.54. The highest BCUT2D eigenvalue weighted by Crippen LogP contribution is 2.25. The third-order valence-corrected chi connectivity index (χ3v) is 4.81. The van der Waals surface area contributed by atoms with Gasteiger partial charge in [0.05, 0.1) is 0 Å². The number of ether oxygens (including phenoxy) is 1. The van der Waals surface area contributed by atoms with Gasteiger partial charge in [-0.3, -0.25) is 9.59 Å². The average molecular weight is 301 g/mol. The van der Waals surface area contributed by atoms with Gasteiger partial charge < -0.3 is 9.64 Å². The quantitative estimate of drug-likeness (QED) is 0.806. The highest BCUT2D eigenvalue weighted by Gasteiger charge is 2.31. The van der Waals surface area contributed by atoms with E-state index < -0.39 is 0 Å². The summed E-state index contributed by atoms with van der Waals surface area (Å²) in [5.41, 5.74) is 0.789. The lowest BCUT2D eigenvalue weighted by atomic mass is 9.88. The minimum absolute atomic E-state index is 0.0566. The molecule has 0 radical (unpaired) electrons. The number of nitrogens with zero attached hydrogens (tertiary/aromatic N) is 1. The van der Waals surface area contributed by atoms with E-state index in [-0.39, 0.29) is 23.5 Å². The summed E-state index contributed by atoms with van der Waals surface area (Å²) in [5, 5.41) is 0. The Hall–Kier alpha value is -1.68. The summed E-state index contributed by atoms with van der Waals surface area (Å²) in [6, 6.07) is 9.48. The van der Waals surface area contributed by atoms with Crippen LogP contribution in [-0.4, -0.2) is 42.9 Å². The van der Waals surface area contributed by atoms with Crippen molar-refractivity contribution in [1.29, 1.82) is 0 Å². The summed E-state index contributed by atoms with van der Waals surface area (Å²) in [6.07, 6.45) is 3.23. The fourth-order valence-corrected chi connectivity index (χ4v) is 3.40. The van der Waals surface area contributed by atoms with Crippen molar-refractivity contribution in [1.82, 2.24) is 4.90 Å². The second-order valence-electron chi connectivity index (χ2n) is 6.22. The first kappa shape index (κ1) is 15.2. The van der Waals surface area contributed by atoms with Crippen molar-refractivity contribution in [2.75, 3.05) is 26.3 Å². The molecule has 0 unspecified atom stereocenters. The van der Waals surface area contributed by atoms with E-state index in [9.17, 15) is 9.59 Å². The maximum absolute atomic E-state index is 12.5. The predicted octanol–water partition coefficient (Wildman–Crippen LogP) is 2.53. The standard InChI is InChI=1S/C18H23NO3/c20-17(14-4-2-1-3-5-14)15-6-10-19(11-7-15)18(21)16-8-12-22-13-9-16/h1-5,15-16H,6-13H2. The molecule has 0 saturated carbocycles. The number of amides is 1. The van der Waals surface area contributed by atoms with Crippen LogP contribution in [0, 0.1) is 11.8 Å². The lowest BCUT2D eigenvalue weighted by Gasteiger charge is -2.34. The SMILES string of the molecule is O=C(c1ccccc1)C1CCN(C(=O)C2CCOCC2)CC1. The molecule has 0 aromatic heterocycles. The van der Waals surface area contributed by atoms with E-state index in [1.807, 2.05) is 35.2 Å². The molecule has 22 heavy (non-hydrogen) atoms. The molecule has 2 saturated heterocycles. The molecule has 1 aromatic carbocycles. The topological polar surface area (TPSA) is 46.6 Å². The van der Waals surface area contributed by atoms with Gasteiger partial charge in [-0.15, -0.1) is 0 Å². The highest BCUT2D eigenvalue weighted by atomic mass is 16.5. The van der Waals surface area contributed by atoms with E-state index in [0.717, 1.165) is 31.2 Å². The van der Waals surface area contributed by atoms with Crippen molar-refractivity contribution < 1.29 is 14.3 Å². The molecule has 118 valence electrons. The number of piperidine rings is 1. The Morgan fingerprint density at radius 2 is 1.55 bits per heavy atom. The lowest BCUT2D eigenvalue weighted by Crippen LogP contribution is -2.44. The summed E-state index contributed by atoms with van der Waals surface area (Å²) < 4.78 is 5.32. The zero-order valence-electron chi connectivity index (χ0n) is 12.9. The lowest BCUT2D eigenvalue weighted by molar-refractivity contribution is -0.139. The fourth-order valence-electron chi connectivity index (χ4n) is 3.40. The molecule has 4 nitrogen and oxygen atoms in total. The van der Waals surface area contributed by atoms with Gasteiger partial charge >= 0.3 is 0 Å². The van der Waals surface area contributed by atoms with E-state index in [2.05, 4.69) is 0 Å². The average Bonchev–Trinajstić information content (AvgIpc) is 2.62. The Labute approximate surface area is 131 Å². The molecule has 0 N–H and O–H groups in total. The predicted molar refractivity (Wildman–Crippen MR) is 83.6 cm³/mol. The molecule has 1 aromatic rings. The van der Waals surface area contributed by atoms with Crippen molar-refractivity contribution in [3.8, 4) is 0 Å². The van der Waals surface area contributed by atoms with Crippen LogP contribution >= 0.6 is 0 Å². The van der Waals surface area contributed by atoms with E-state index in [0.29, 0.717) is 26.3 Å². The largest absolute Gasteiger partial charge is 0.381 e. The van der Waals surface area contributed by atoms with Crippen LogP contribution in [0.15, 0.2) is 30.3 Å². The Morgan fingerprint density at radius 1 is 0.909 bits per heavy atom. The summed E-state index contributed by atoms with van der Waals surface area (Å²) in [7, 11) is 0. The van der Waals surface area contributed by atoms with Crippen LogP contribution in [0.2, 0.25) is 0 Å². The second-order valence-corrected chi connectivity index (χ2v) is 6.22.